The van der Waals surface area contributed by atoms with Crippen LogP contribution in [0.25, 0.3) is 0 Å². The summed E-state index contributed by atoms with van der Waals surface area (Å²) in [5.41, 5.74) is 20.6. The molecule has 6 N–H and O–H groups in total. The Balaban J connectivity index is 0.000000173. The van der Waals surface area contributed by atoms with Crippen molar-refractivity contribution in [3.05, 3.63) is 65.2 Å². The summed E-state index contributed by atoms with van der Waals surface area (Å²) < 4.78 is 36.8. The van der Waals surface area contributed by atoms with E-state index in [4.69, 9.17) is 50.4 Å². The highest BCUT2D eigenvalue weighted by atomic mass is 16.7. The van der Waals surface area contributed by atoms with E-state index in [2.05, 4.69) is 0 Å². The van der Waals surface area contributed by atoms with Crippen molar-refractivity contribution in [3.63, 3.8) is 0 Å². The lowest BCUT2D eigenvalue weighted by molar-refractivity contribution is 0.171. The van der Waals surface area contributed by atoms with Gasteiger partial charge in [0.25, 0.3) is 0 Å². The molecular formula is C32H45N3O7. The monoisotopic (exact) mass is 583 g/mol. The van der Waals surface area contributed by atoms with E-state index in [9.17, 15) is 0 Å². The second-order valence-electron chi connectivity index (χ2n) is 10.4. The number of para-hydroxylation sites is 1. The van der Waals surface area contributed by atoms with Crippen LogP contribution in [0.15, 0.2) is 48.5 Å². The first-order valence-corrected chi connectivity index (χ1v) is 14.0. The van der Waals surface area contributed by atoms with Crippen LogP contribution in [-0.2, 0) is 19.3 Å². The molecule has 0 fully saturated rings. The summed E-state index contributed by atoms with van der Waals surface area (Å²) in [4.78, 5) is 0. The molecule has 0 spiro atoms. The van der Waals surface area contributed by atoms with E-state index in [1.165, 1.54) is 5.56 Å². The maximum Gasteiger partial charge on any atom is 0.231 e. The zero-order chi connectivity index (χ0) is 30.6. The number of hydrogen-bond donors (Lipinski definition) is 3. The third-order valence-corrected chi connectivity index (χ3v) is 6.30. The first kappa shape index (κ1) is 32.7. The van der Waals surface area contributed by atoms with Gasteiger partial charge in [-0.15, -0.1) is 0 Å². The molecule has 3 aromatic rings. The molecule has 0 saturated carbocycles. The van der Waals surface area contributed by atoms with E-state index in [1.807, 2.05) is 69.3 Å². The van der Waals surface area contributed by atoms with Gasteiger partial charge < -0.3 is 50.4 Å². The van der Waals surface area contributed by atoms with Crippen LogP contribution in [0.1, 0.15) is 37.5 Å². The van der Waals surface area contributed by atoms with Crippen molar-refractivity contribution in [2.75, 3.05) is 34.9 Å². The van der Waals surface area contributed by atoms with Gasteiger partial charge in [-0.2, -0.15) is 0 Å². The number of ether oxygens (including phenoxy) is 7. The zero-order valence-electron chi connectivity index (χ0n) is 25.5. The van der Waals surface area contributed by atoms with Crippen molar-refractivity contribution >= 4 is 0 Å². The molecule has 0 aromatic heterocycles. The van der Waals surface area contributed by atoms with Gasteiger partial charge in [0.2, 0.25) is 19.3 Å². The molecular weight excluding hydrogens is 538 g/mol. The fourth-order valence-corrected chi connectivity index (χ4v) is 4.57. The first-order valence-electron chi connectivity index (χ1n) is 14.0. The molecule has 2 heterocycles. The van der Waals surface area contributed by atoms with Crippen LogP contribution >= 0.6 is 0 Å². The summed E-state index contributed by atoms with van der Waals surface area (Å²) in [6.45, 7) is 6.52. The van der Waals surface area contributed by atoms with E-state index in [1.54, 1.807) is 21.3 Å². The van der Waals surface area contributed by atoms with E-state index in [0.29, 0.717) is 18.3 Å². The second kappa shape index (κ2) is 16.0. The first-order chi connectivity index (χ1) is 20.1. The van der Waals surface area contributed by atoms with Crippen LogP contribution in [0.2, 0.25) is 0 Å². The molecule has 3 aromatic carbocycles. The maximum absolute atomic E-state index is 5.75. The lowest BCUT2D eigenvalue weighted by Crippen LogP contribution is -2.18. The molecule has 0 bridgehead atoms. The normalized spacial score (nSPS) is 14.4. The van der Waals surface area contributed by atoms with Gasteiger partial charge in [0.1, 0.15) is 0 Å². The summed E-state index contributed by atoms with van der Waals surface area (Å²) in [5, 5.41) is 0. The third kappa shape index (κ3) is 9.34. The minimum atomic E-state index is 0.120. The van der Waals surface area contributed by atoms with Crippen LogP contribution in [0.3, 0.4) is 0 Å². The smallest absolute Gasteiger partial charge is 0.231 e. The summed E-state index contributed by atoms with van der Waals surface area (Å²) in [6, 6.07) is 16.1. The van der Waals surface area contributed by atoms with Gasteiger partial charge in [0, 0.05) is 18.1 Å². The van der Waals surface area contributed by atoms with Gasteiger partial charge in [-0.3, -0.25) is 0 Å². The van der Waals surface area contributed by atoms with Crippen LogP contribution in [0.5, 0.6) is 40.2 Å². The number of fused-ring (bicyclic) bond motifs is 2. The van der Waals surface area contributed by atoms with Crippen molar-refractivity contribution < 1.29 is 33.2 Å². The molecule has 0 saturated heterocycles. The summed E-state index contributed by atoms with van der Waals surface area (Å²) >= 11 is 0. The zero-order valence-corrected chi connectivity index (χ0v) is 25.5. The number of nitrogens with two attached hydrogens (primary N) is 3. The molecule has 0 radical (unpaired) electrons. The summed E-state index contributed by atoms with van der Waals surface area (Å²) in [6.07, 6.45) is 2.46. The van der Waals surface area contributed by atoms with Gasteiger partial charge >= 0.3 is 0 Å². The lowest BCUT2D eigenvalue weighted by Gasteiger charge is -2.13. The van der Waals surface area contributed by atoms with Crippen LogP contribution < -0.4 is 50.4 Å². The molecule has 0 amide bonds. The number of benzene rings is 3. The van der Waals surface area contributed by atoms with Gasteiger partial charge in [0.15, 0.2) is 34.5 Å². The van der Waals surface area contributed by atoms with Gasteiger partial charge in [-0.25, -0.2) is 0 Å². The third-order valence-electron chi connectivity index (χ3n) is 6.30. The molecule has 3 atom stereocenters. The number of hydrogen-bond acceptors (Lipinski definition) is 10. The minimum absolute atomic E-state index is 0.120. The SMILES string of the molecule is CC(N)Cc1ccc2c(c1)OCO2.COc1cc(CC(C)N)cc2c1OCO2.COc1cccc(CC(C)N)c1OC. The molecule has 230 valence electrons. The summed E-state index contributed by atoms with van der Waals surface area (Å²) in [7, 11) is 4.89. The Bertz CT molecular complexity index is 1280. The molecule has 42 heavy (non-hydrogen) atoms. The van der Waals surface area contributed by atoms with Crippen LogP contribution in [-0.4, -0.2) is 53.0 Å². The molecule has 2 aliphatic heterocycles. The van der Waals surface area contributed by atoms with Crippen molar-refractivity contribution in [2.24, 2.45) is 17.2 Å². The Morgan fingerprint density at radius 1 is 0.619 bits per heavy atom. The van der Waals surface area contributed by atoms with E-state index >= 15 is 0 Å². The largest absolute Gasteiger partial charge is 0.493 e. The van der Waals surface area contributed by atoms with Gasteiger partial charge in [-0.1, -0.05) is 18.2 Å². The quantitative estimate of drug-likeness (QED) is 0.335. The fourth-order valence-electron chi connectivity index (χ4n) is 4.57. The Morgan fingerprint density at radius 3 is 1.86 bits per heavy atom. The topological polar surface area (TPSA) is 143 Å². The van der Waals surface area contributed by atoms with E-state index < -0.39 is 0 Å². The second-order valence-corrected chi connectivity index (χ2v) is 10.4. The molecule has 0 aliphatic carbocycles. The molecule has 10 heteroatoms. The lowest BCUT2D eigenvalue weighted by atomic mass is 10.1. The predicted octanol–water partition coefficient (Wildman–Crippen LogP) is 4.21. The van der Waals surface area contributed by atoms with Crippen molar-refractivity contribution in [1.29, 1.82) is 0 Å². The van der Waals surface area contributed by atoms with E-state index in [-0.39, 0.29) is 24.9 Å². The number of rotatable bonds is 9. The van der Waals surface area contributed by atoms with Crippen molar-refractivity contribution in [3.8, 4) is 40.2 Å². The average molecular weight is 584 g/mol. The highest BCUT2D eigenvalue weighted by molar-refractivity contribution is 5.55. The van der Waals surface area contributed by atoms with Crippen molar-refractivity contribution in [2.45, 2.75) is 58.2 Å². The minimum Gasteiger partial charge on any atom is -0.493 e. The highest BCUT2D eigenvalue weighted by Crippen LogP contribution is 2.42. The average Bonchev–Trinajstić information content (AvgIpc) is 3.61. The predicted molar refractivity (Wildman–Crippen MR) is 163 cm³/mol. The standard InChI is InChI=1S/C11H15NO3.C11H17NO2.C10H13NO2/c1-7(12)3-8-4-9(13-2)11-10(5-8)14-6-15-11;1-8(12)7-9-5-4-6-10(13-2)11(9)14-3;1-7(11)4-8-2-3-9-10(5-8)13-6-12-9/h4-5,7H,3,6,12H2,1-2H3;4-6,8H,7,12H2,1-3H3;2-3,5,7H,4,6,11H2,1H3. The molecule has 10 nitrogen and oxygen atoms in total. The highest BCUT2D eigenvalue weighted by Gasteiger charge is 2.20. The Hall–Kier alpha value is -3.86. The Kier molecular flexibility index (Phi) is 12.4. The van der Waals surface area contributed by atoms with Crippen LogP contribution in [0.4, 0.5) is 0 Å². The number of methoxy groups -OCH3 is 3. The van der Waals surface area contributed by atoms with Gasteiger partial charge in [-0.05, 0) is 87.1 Å². The molecule has 2 aliphatic rings. The molecule has 3 unspecified atom stereocenters. The Morgan fingerprint density at radius 2 is 1.21 bits per heavy atom. The van der Waals surface area contributed by atoms with Crippen LogP contribution in [0, 0.1) is 0 Å². The van der Waals surface area contributed by atoms with Gasteiger partial charge in [0.05, 0.1) is 21.3 Å². The summed E-state index contributed by atoms with van der Waals surface area (Å²) in [5.74, 6) is 5.33. The molecule has 5 rings (SSSR count). The Labute approximate surface area is 248 Å². The van der Waals surface area contributed by atoms with E-state index in [0.717, 1.165) is 59.1 Å². The van der Waals surface area contributed by atoms with Crippen molar-refractivity contribution in [1.82, 2.24) is 0 Å². The fraction of sp³-hybridized carbons (Fsp3) is 0.438. The maximum atomic E-state index is 5.75.